The molecule has 0 aromatic heterocycles. The van der Waals surface area contributed by atoms with Crippen molar-refractivity contribution in [2.24, 2.45) is 4.99 Å². The number of piperazine rings is 1. The number of amides is 4. The molecule has 1 aromatic carbocycles. The third-order valence-corrected chi connectivity index (χ3v) is 6.39. The van der Waals surface area contributed by atoms with Crippen molar-refractivity contribution in [3.05, 3.63) is 34.9 Å². The van der Waals surface area contributed by atoms with Gasteiger partial charge in [0, 0.05) is 45.3 Å². The Labute approximate surface area is 197 Å². The number of likely N-dealkylation sites (N-methyl/N-ethyl adjacent to an activating group) is 2. The van der Waals surface area contributed by atoms with Crippen molar-refractivity contribution in [1.29, 1.82) is 0 Å². The lowest BCUT2D eigenvalue weighted by Crippen LogP contribution is -2.61. The van der Waals surface area contributed by atoms with Gasteiger partial charge in [-0.3, -0.25) is 19.5 Å². The molecule has 2 saturated heterocycles. The van der Waals surface area contributed by atoms with Gasteiger partial charge in [-0.15, -0.1) is 0 Å². The SMILES string of the molecule is CCOC(=O)N1CCN(CC2=[N+](Cc3ccc(Cl)cc3)C3C(=O)N(C)C(=O)N(C)C3=N2)CC1. The molecule has 0 spiro atoms. The fourth-order valence-electron chi connectivity index (χ4n) is 4.25. The first-order valence-corrected chi connectivity index (χ1v) is 11.3. The Morgan fingerprint density at radius 1 is 1.12 bits per heavy atom. The molecule has 176 valence electrons. The minimum absolute atomic E-state index is 0.296. The summed E-state index contributed by atoms with van der Waals surface area (Å²) in [6, 6.07) is 6.40. The van der Waals surface area contributed by atoms with Gasteiger partial charge in [0.25, 0.3) is 17.8 Å². The third-order valence-electron chi connectivity index (χ3n) is 6.14. The van der Waals surface area contributed by atoms with E-state index in [0.717, 1.165) is 16.3 Å². The number of hydrogen-bond donors (Lipinski definition) is 0. The standard InChI is InChI=1S/C22H28ClN6O4/c1-4-33-22(32)28-11-9-27(10-12-28)14-17-24-19-18(20(30)26(3)21(31)25(19)2)29(17)13-15-5-7-16(23)8-6-15/h5-8,18H,4,9-14H2,1-3H3/q+1. The van der Waals surface area contributed by atoms with Crippen molar-refractivity contribution >= 4 is 41.3 Å². The van der Waals surface area contributed by atoms with Gasteiger partial charge < -0.3 is 9.64 Å². The van der Waals surface area contributed by atoms with E-state index in [1.165, 1.54) is 11.9 Å². The number of hydrogen-bond acceptors (Lipinski definition) is 6. The van der Waals surface area contributed by atoms with Crippen LogP contribution in [-0.4, -0.2) is 113 Å². The molecule has 10 nitrogen and oxygen atoms in total. The van der Waals surface area contributed by atoms with Crippen molar-refractivity contribution < 1.29 is 23.7 Å². The Morgan fingerprint density at radius 3 is 2.42 bits per heavy atom. The molecule has 3 heterocycles. The Balaban J connectivity index is 1.58. The van der Waals surface area contributed by atoms with Gasteiger partial charge in [0.05, 0.1) is 6.61 Å². The van der Waals surface area contributed by atoms with Crippen LogP contribution in [0.5, 0.6) is 0 Å². The van der Waals surface area contributed by atoms with Crippen LogP contribution in [0.4, 0.5) is 9.59 Å². The van der Waals surface area contributed by atoms with Crippen LogP contribution in [-0.2, 0) is 16.1 Å². The Morgan fingerprint density at radius 2 is 1.79 bits per heavy atom. The molecule has 3 aliphatic heterocycles. The molecular weight excluding hydrogens is 448 g/mol. The van der Waals surface area contributed by atoms with Crippen LogP contribution in [0.1, 0.15) is 12.5 Å². The number of carbonyl (C=O) groups is 3. The first-order valence-electron chi connectivity index (χ1n) is 10.9. The number of benzene rings is 1. The highest BCUT2D eigenvalue weighted by Gasteiger charge is 2.53. The van der Waals surface area contributed by atoms with Crippen LogP contribution in [0.25, 0.3) is 0 Å². The normalized spacial score (nSPS) is 21.5. The molecule has 0 bridgehead atoms. The van der Waals surface area contributed by atoms with Crippen LogP contribution >= 0.6 is 11.6 Å². The largest absolute Gasteiger partial charge is 0.450 e. The van der Waals surface area contributed by atoms with Crippen molar-refractivity contribution in [1.82, 2.24) is 19.6 Å². The van der Waals surface area contributed by atoms with Crippen molar-refractivity contribution in [2.75, 3.05) is 53.4 Å². The van der Waals surface area contributed by atoms with E-state index in [1.54, 1.807) is 18.9 Å². The predicted molar refractivity (Wildman–Crippen MR) is 123 cm³/mol. The van der Waals surface area contributed by atoms with Gasteiger partial charge >= 0.3 is 18.0 Å². The zero-order chi connectivity index (χ0) is 23.7. The molecule has 0 radical (unpaired) electrons. The van der Waals surface area contributed by atoms with E-state index in [2.05, 4.69) is 4.90 Å². The Kier molecular flexibility index (Phi) is 6.66. The van der Waals surface area contributed by atoms with Crippen molar-refractivity contribution in [2.45, 2.75) is 19.5 Å². The van der Waals surface area contributed by atoms with Crippen LogP contribution in [0.15, 0.2) is 29.3 Å². The van der Waals surface area contributed by atoms with Crippen molar-refractivity contribution in [3.8, 4) is 0 Å². The molecular formula is C22H28ClN6O4+. The minimum atomic E-state index is -0.663. The van der Waals surface area contributed by atoms with E-state index in [0.29, 0.717) is 56.7 Å². The monoisotopic (exact) mass is 475 g/mol. The third kappa shape index (κ3) is 4.58. The zero-order valence-electron chi connectivity index (χ0n) is 19.0. The van der Waals surface area contributed by atoms with Crippen molar-refractivity contribution in [3.63, 3.8) is 0 Å². The molecule has 1 atom stereocenters. The highest BCUT2D eigenvalue weighted by Crippen LogP contribution is 2.22. The summed E-state index contributed by atoms with van der Waals surface area (Å²) in [4.78, 5) is 48.8. The lowest BCUT2D eigenvalue weighted by Gasteiger charge is -2.33. The second-order valence-electron chi connectivity index (χ2n) is 8.24. The molecule has 0 saturated carbocycles. The fraction of sp³-hybridized carbons (Fsp3) is 0.500. The van der Waals surface area contributed by atoms with Gasteiger partial charge in [-0.1, -0.05) is 23.7 Å². The van der Waals surface area contributed by atoms with E-state index >= 15 is 0 Å². The second-order valence-corrected chi connectivity index (χ2v) is 8.68. The summed E-state index contributed by atoms with van der Waals surface area (Å²) in [5.41, 5.74) is 0.982. The summed E-state index contributed by atoms with van der Waals surface area (Å²) >= 11 is 6.04. The van der Waals surface area contributed by atoms with Crippen LogP contribution < -0.4 is 0 Å². The number of amidine groups is 2. The molecule has 1 aromatic rings. The number of fused-ring (bicyclic) bond motifs is 1. The van der Waals surface area contributed by atoms with E-state index < -0.39 is 12.1 Å². The number of halogens is 1. The molecule has 33 heavy (non-hydrogen) atoms. The first-order chi connectivity index (χ1) is 15.8. The Hall–Kier alpha value is -2.98. The molecule has 3 aliphatic rings. The highest BCUT2D eigenvalue weighted by molar-refractivity contribution is 6.30. The van der Waals surface area contributed by atoms with Crippen LogP contribution in [0.2, 0.25) is 5.02 Å². The molecule has 4 amide bonds. The average molecular weight is 476 g/mol. The van der Waals surface area contributed by atoms with Gasteiger partial charge in [0.2, 0.25) is 0 Å². The second kappa shape index (κ2) is 9.48. The fourth-order valence-corrected chi connectivity index (χ4v) is 4.37. The Bertz CT molecular complexity index is 1020. The smallest absolute Gasteiger partial charge is 0.409 e. The number of rotatable bonds is 5. The maximum absolute atomic E-state index is 13.1. The summed E-state index contributed by atoms with van der Waals surface area (Å²) in [5.74, 6) is 0.864. The summed E-state index contributed by atoms with van der Waals surface area (Å²) in [5, 5.41) is 0.639. The lowest BCUT2D eigenvalue weighted by atomic mass is 10.1. The molecule has 1 unspecified atom stereocenters. The maximum atomic E-state index is 13.1. The number of aliphatic imine (C=N–C) groups is 1. The quantitative estimate of drug-likeness (QED) is 0.599. The summed E-state index contributed by atoms with van der Waals surface area (Å²) in [6.07, 6.45) is -0.296. The molecule has 0 aliphatic carbocycles. The minimum Gasteiger partial charge on any atom is -0.450 e. The van der Waals surface area contributed by atoms with Gasteiger partial charge in [-0.05, 0) is 29.6 Å². The number of urea groups is 1. The van der Waals surface area contributed by atoms with E-state index in [4.69, 9.17) is 21.3 Å². The van der Waals surface area contributed by atoms with Gasteiger partial charge in [0.15, 0.2) is 0 Å². The van der Waals surface area contributed by atoms with E-state index in [9.17, 15) is 14.4 Å². The molecule has 11 heteroatoms. The van der Waals surface area contributed by atoms with Crippen LogP contribution in [0.3, 0.4) is 0 Å². The van der Waals surface area contributed by atoms with Crippen LogP contribution in [0, 0.1) is 0 Å². The number of carbonyl (C=O) groups excluding carboxylic acids is 3. The molecule has 2 fully saturated rings. The average Bonchev–Trinajstić information content (AvgIpc) is 3.16. The lowest BCUT2D eigenvalue weighted by molar-refractivity contribution is -0.552. The molecule has 0 N–H and O–H groups in total. The predicted octanol–water partition coefficient (Wildman–Crippen LogP) is 1.33. The number of nitrogens with zero attached hydrogens (tertiary/aromatic N) is 6. The molecule has 4 rings (SSSR count). The highest BCUT2D eigenvalue weighted by atomic mass is 35.5. The van der Waals surface area contributed by atoms with Gasteiger partial charge in [-0.25, -0.2) is 14.2 Å². The topological polar surface area (TPSA) is 88.8 Å². The van der Waals surface area contributed by atoms with Gasteiger partial charge in [-0.2, -0.15) is 0 Å². The summed E-state index contributed by atoms with van der Waals surface area (Å²) in [6.45, 7) is 5.54. The maximum Gasteiger partial charge on any atom is 0.409 e. The van der Waals surface area contributed by atoms with E-state index in [-0.39, 0.29) is 12.0 Å². The van der Waals surface area contributed by atoms with Gasteiger partial charge in [0.1, 0.15) is 13.1 Å². The number of ether oxygens (including phenoxy) is 1. The summed E-state index contributed by atoms with van der Waals surface area (Å²) < 4.78 is 7.05. The first kappa shape index (κ1) is 23.2. The number of imide groups is 1. The van der Waals surface area contributed by atoms with E-state index in [1.807, 2.05) is 28.8 Å². The summed E-state index contributed by atoms with van der Waals surface area (Å²) in [7, 11) is 3.13. The zero-order valence-corrected chi connectivity index (χ0v) is 19.8.